The van der Waals surface area contributed by atoms with Gasteiger partial charge in [-0.2, -0.15) is 0 Å². The smallest absolute Gasteiger partial charge is 0.155 e. The van der Waals surface area contributed by atoms with Gasteiger partial charge in [-0.05, 0) is 103 Å². The number of carbonyl (C=O) groups is 1. The van der Waals surface area contributed by atoms with Crippen molar-refractivity contribution in [2.75, 3.05) is 0 Å². The van der Waals surface area contributed by atoms with E-state index in [2.05, 4.69) is 52.8 Å². The number of hydrogen-bond donors (Lipinski definition) is 0. The van der Waals surface area contributed by atoms with Gasteiger partial charge >= 0.3 is 0 Å². The lowest BCUT2D eigenvalue weighted by Crippen LogP contribution is -2.52. The second kappa shape index (κ2) is 7.44. The molecule has 0 amide bonds. The normalized spacial score (nSPS) is 46.5. The minimum atomic E-state index is 0.277. The van der Waals surface area contributed by atoms with Gasteiger partial charge in [-0.25, -0.2) is 0 Å². The van der Waals surface area contributed by atoms with Crippen molar-refractivity contribution in [1.29, 1.82) is 0 Å². The lowest BCUT2D eigenvalue weighted by Gasteiger charge is -2.59. The first kappa shape index (κ1) is 20.4. The molecule has 0 heterocycles. The third kappa shape index (κ3) is 3.25. The lowest BCUT2D eigenvalue weighted by molar-refractivity contribution is -0.122. The summed E-state index contributed by atoms with van der Waals surface area (Å²) in [6.07, 6.45) is 19.6. The van der Waals surface area contributed by atoms with Gasteiger partial charge in [0, 0.05) is 6.42 Å². The number of allylic oxidation sites excluding steroid dienone is 4. The summed E-state index contributed by atoms with van der Waals surface area (Å²) in [6, 6.07) is 0. The van der Waals surface area contributed by atoms with Gasteiger partial charge in [0.05, 0.1) is 0 Å². The maximum Gasteiger partial charge on any atom is 0.155 e. The van der Waals surface area contributed by atoms with Crippen molar-refractivity contribution < 1.29 is 4.79 Å². The molecule has 0 aromatic heterocycles. The molecule has 3 saturated carbocycles. The first-order valence-corrected chi connectivity index (χ1v) is 12.1. The Morgan fingerprint density at radius 2 is 1.86 bits per heavy atom. The second-order valence-corrected chi connectivity index (χ2v) is 11.7. The van der Waals surface area contributed by atoms with Crippen LogP contribution >= 0.6 is 0 Å². The predicted octanol–water partition coefficient (Wildman–Crippen LogP) is 7.23. The number of carbonyl (C=O) groups excluding carboxylic acids is 1. The van der Waals surface area contributed by atoms with Gasteiger partial charge in [-0.15, -0.1) is 0 Å². The molecule has 0 aromatic rings. The van der Waals surface area contributed by atoms with Gasteiger partial charge in [0.1, 0.15) is 0 Å². The highest BCUT2D eigenvalue weighted by Crippen LogP contribution is 2.67. The average Bonchev–Trinajstić information content (AvgIpc) is 2.99. The van der Waals surface area contributed by atoms with E-state index in [1.54, 1.807) is 0 Å². The largest absolute Gasteiger partial charge is 0.295 e. The molecule has 8 atom stereocenters. The molecule has 0 spiro atoms. The maximum atomic E-state index is 12.0. The van der Waals surface area contributed by atoms with E-state index in [1.165, 1.54) is 44.9 Å². The van der Waals surface area contributed by atoms with Crippen LogP contribution < -0.4 is 0 Å². The zero-order valence-corrected chi connectivity index (χ0v) is 18.9. The van der Waals surface area contributed by atoms with Gasteiger partial charge in [0.15, 0.2) is 5.78 Å². The van der Waals surface area contributed by atoms with Gasteiger partial charge in [0.2, 0.25) is 0 Å². The summed E-state index contributed by atoms with van der Waals surface area (Å²) in [4.78, 5) is 12.0. The van der Waals surface area contributed by atoms with Crippen molar-refractivity contribution in [1.82, 2.24) is 0 Å². The van der Waals surface area contributed by atoms with E-state index >= 15 is 0 Å². The minimum Gasteiger partial charge on any atom is -0.295 e. The average molecular weight is 383 g/mol. The van der Waals surface area contributed by atoms with Gasteiger partial charge in [-0.1, -0.05) is 52.8 Å². The number of ketones is 1. The molecule has 0 aliphatic heterocycles. The highest BCUT2D eigenvalue weighted by Gasteiger charge is 2.59. The highest BCUT2D eigenvalue weighted by atomic mass is 16.1. The summed E-state index contributed by atoms with van der Waals surface area (Å²) in [5.74, 6) is 5.89. The summed E-state index contributed by atoms with van der Waals surface area (Å²) in [6.45, 7) is 12.2. The molecule has 0 radical (unpaired) electrons. The Bertz CT molecular complexity index is 657. The van der Waals surface area contributed by atoms with Gasteiger partial charge in [-0.3, -0.25) is 4.79 Å². The third-order valence-corrected chi connectivity index (χ3v) is 9.80. The van der Waals surface area contributed by atoms with Crippen LogP contribution in [-0.2, 0) is 4.79 Å². The fourth-order valence-corrected chi connectivity index (χ4v) is 8.24. The van der Waals surface area contributed by atoms with E-state index in [0.29, 0.717) is 23.0 Å². The summed E-state index contributed by atoms with van der Waals surface area (Å²) in [5.41, 5.74) is 0.805. The summed E-state index contributed by atoms with van der Waals surface area (Å²) in [5, 5.41) is 0. The molecule has 4 aliphatic carbocycles. The standard InChI is InChI=1S/C27H42O/c1-18(2)7-6-8-19(3)23-11-12-24-22-10-9-20-17-21(28)13-15-26(20,4)25(22)14-16-27(23,24)5/h6,8,13,15,18-20,22-25H,7,9-12,14,16-17H2,1-5H3/b8-6+/t19-,20?,22?,23-,24?,25?,26+,27-/m1/s1. The van der Waals surface area contributed by atoms with Crippen molar-refractivity contribution in [3.05, 3.63) is 24.3 Å². The fraction of sp³-hybridized carbons (Fsp3) is 0.815. The van der Waals surface area contributed by atoms with E-state index in [9.17, 15) is 4.79 Å². The predicted molar refractivity (Wildman–Crippen MR) is 118 cm³/mol. The fourth-order valence-electron chi connectivity index (χ4n) is 8.24. The SMILES string of the molecule is CC(C)C/C=C/[C@@H](C)[C@H]1CCC2C3CCC4CC(=O)C=C[C@]4(C)C3CC[C@@]21C. The van der Waals surface area contributed by atoms with Crippen LogP contribution in [0, 0.1) is 52.3 Å². The van der Waals surface area contributed by atoms with E-state index in [0.717, 1.165) is 36.0 Å². The molecule has 1 heteroatoms. The molecule has 0 aromatic carbocycles. The van der Waals surface area contributed by atoms with Crippen LogP contribution in [0.25, 0.3) is 0 Å². The Hall–Kier alpha value is -0.850. The van der Waals surface area contributed by atoms with Crippen LogP contribution in [0.3, 0.4) is 0 Å². The van der Waals surface area contributed by atoms with E-state index in [1.807, 2.05) is 6.08 Å². The van der Waals surface area contributed by atoms with Crippen molar-refractivity contribution in [2.45, 2.75) is 86.0 Å². The molecular formula is C27H42O. The zero-order chi connectivity index (χ0) is 20.1. The van der Waals surface area contributed by atoms with Crippen molar-refractivity contribution in [2.24, 2.45) is 52.3 Å². The lowest BCUT2D eigenvalue weighted by atomic mass is 9.45. The van der Waals surface area contributed by atoms with E-state index in [4.69, 9.17) is 0 Å². The third-order valence-electron chi connectivity index (χ3n) is 9.80. The molecule has 0 bridgehead atoms. The van der Waals surface area contributed by atoms with Crippen LogP contribution in [0.4, 0.5) is 0 Å². The van der Waals surface area contributed by atoms with Crippen molar-refractivity contribution in [3.63, 3.8) is 0 Å². The molecule has 0 saturated heterocycles. The van der Waals surface area contributed by atoms with Crippen molar-refractivity contribution >= 4 is 5.78 Å². The molecule has 4 unspecified atom stereocenters. The van der Waals surface area contributed by atoms with E-state index < -0.39 is 0 Å². The minimum absolute atomic E-state index is 0.277. The molecule has 156 valence electrons. The molecule has 1 nitrogen and oxygen atoms in total. The zero-order valence-electron chi connectivity index (χ0n) is 18.9. The summed E-state index contributed by atoms with van der Waals surface area (Å²) < 4.78 is 0. The molecule has 3 fully saturated rings. The Kier molecular flexibility index (Phi) is 5.43. The Morgan fingerprint density at radius 3 is 2.61 bits per heavy atom. The van der Waals surface area contributed by atoms with Crippen LogP contribution in [0.15, 0.2) is 24.3 Å². The molecule has 0 N–H and O–H groups in total. The summed E-state index contributed by atoms with van der Waals surface area (Å²) >= 11 is 0. The highest BCUT2D eigenvalue weighted by molar-refractivity contribution is 5.91. The first-order valence-electron chi connectivity index (χ1n) is 12.1. The van der Waals surface area contributed by atoms with Gasteiger partial charge in [0.25, 0.3) is 0 Å². The Labute approximate surface area is 173 Å². The van der Waals surface area contributed by atoms with Crippen LogP contribution in [0.2, 0.25) is 0 Å². The quantitative estimate of drug-likeness (QED) is 0.469. The maximum absolute atomic E-state index is 12.0. The van der Waals surface area contributed by atoms with Crippen molar-refractivity contribution in [3.8, 4) is 0 Å². The van der Waals surface area contributed by atoms with Gasteiger partial charge < -0.3 is 0 Å². The molecule has 28 heavy (non-hydrogen) atoms. The first-order chi connectivity index (χ1) is 13.3. The topological polar surface area (TPSA) is 17.1 Å². The second-order valence-electron chi connectivity index (χ2n) is 11.7. The van der Waals surface area contributed by atoms with Crippen LogP contribution in [0.5, 0.6) is 0 Å². The monoisotopic (exact) mass is 382 g/mol. The molecule has 4 aliphatic rings. The molecule has 4 rings (SSSR count). The number of fused-ring (bicyclic) bond motifs is 5. The molecular weight excluding hydrogens is 340 g/mol. The number of rotatable bonds is 4. The van der Waals surface area contributed by atoms with Crippen LogP contribution in [0.1, 0.15) is 86.0 Å². The van der Waals surface area contributed by atoms with Crippen LogP contribution in [-0.4, -0.2) is 5.78 Å². The Morgan fingerprint density at radius 1 is 1.07 bits per heavy atom. The number of hydrogen-bond acceptors (Lipinski definition) is 1. The van der Waals surface area contributed by atoms with E-state index in [-0.39, 0.29) is 5.41 Å². The Balaban J connectivity index is 1.53. The summed E-state index contributed by atoms with van der Waals surface area (Å²) in [7, 11) is 0.